The summed E-state index contributed by atoms with van der Waals surface area (Å²) in [5.41, 5.74) is 2.14. The Morgan fingerprint density at radius 3 is 2.76 bits per heavy atom. The van der Waals surface area contributed by atoms with Crippen LogP contribution in [0.15, 0.2) is 6.20 Å². The van der Waals surface area contributed by atoms with Gasteiger partial charge in [-0.1, -0.05) is 13.8 Å². The van der Waals surface area contributed by atoms with Gasteiger partial charge < -0.3 is 10.6 Å². The number of thiazole rings is 1. The first-order valence-electron chi connectivity index (χ1n) is 7.33. The van der Waals surface area contributed by atoms with Crippen LogP contribution in [0.5, 0.6) is 0 Å². The van der Waals surface area contributed by atoms with E-state index < -0.39 is 0 Å². The van der Waals surface area contributed by atoms with Crippen molar-refractivity contribution in [2.24, 2.45) is 5.92 Å². The highest BCUT2D eigenvalue weighted by atomic mass is 32.1. The van der Waals surface area contributed by atoms with Crippen molar-refractivity contribution in [3.05, 3.63) is 22.5 Å². The van der Waals surface area contributed by atoms with Crippen LogP contribution in [0.2, 0.25) is 0 Å². The van der Waals surface area contributed by atoms with Crippen LogP contribution < -0.4 is 10.6 Å². The van der Waals surface area contributed by atoms with E-state index in [-0.39, 0.29) is 11.9 Å². The van der Waals surface area contributed by atoms with Crippen LogP contribution in [0.25, 0.3) is 4.96 Å². The molecule has 2 rings (SSSR count). The largest absolute Gasteiger partial charge is 0.354 e. The molecule has 1 atom stereocenters. The second-order valence-electron chi connectivity index (χ2n) is 5.88. The molecule has 2 N–H and O–H groups in total. The fraction of sp³-hybridized carbons (Fsp3) is 0.600. The third kappa shape index (κ3) is 3.83. The van der Waals surface area contributed by atoms with Crippen LogP contribution in [-0.4, -0.2) is 27.9 Å². The van der Waals surface area contributed by atoms with Crippen molar-refractivity contribution in [2.75, 3.05) is 6.54 Å². The van der Waals surface area contributed by atoms with Crippen LogP contribution >= 0.6 is 11.3 Å². The third-order valence-electron chi connectivity index (χ3n) is 3.39. The number of carbonyl (C=O) groups excluding carboxylic acids is 1. The molecule has 21 heavy (non-hydrogen) atoms. The molecule has 1 amide bonds. The first-order chi connectivity index (χ1) is 9.88. The number of aryl methyl sites for hydroxylation is 2. The summed E-state index contributed by atoms with van der Waals surface area (Å²) in [6.45, 7) is 11.5. The van der Waals surface area contributed by atoms with Crippen LogP contribution in [0.4, 0.5) is 0 Å². The summed E-state index contributed by atoms with van der Waals surface area (Å²) in [7, 11) is 0. The predicted octanol–water partition coefficient (Wildman–Crippen LogP) is 2.26. The third-order valence-corrected chi connectivity index (χ3v) is 4.29. The molecule has 1 unspecified atom stereocenters. The van der Waals surface area contributed by atoms with Crippen LogP contribution in [0.3, 0.4) is 0 Å². The summed E-state index contributed by atoms with van der Waals surface area (Å²) in [4.78, 5) is 18.8. The number of carbonyl (C=O) groups is 1. The van der Waals surface area contributed by atoms with E-state index in [9.17, 15) is 4.79 Å². The smallest absolute Gasteiger partial charge is 0.236 e. The van der Waals surface area contributed by atoms with Gasteiger partial charge in [0.1, 0.15) is 0 Å². The summed E-state index contributed by atoms with van der Waals surface area (Å²) in [5.74, 6) is 0.509. The lowest BCUT2D eigenvalue weighted by molar-refractivity contribution is -0.122. The number of nitrogens with one attached hydrogen (secondary N) is 2. The maximum atomic E-state index is 12.0. The monoisotopic (exact) mass is 308 g/mol. The molecule has 0 spiro atoms. The van der Waals surface area contributed by atoms with Gasteiger partial charge in [-0.25, -0.2) is 4.98 Å². The average Bonchev–Trinajstić information content (AvgIpc) is 2.88. The summed E-state index contributed by atoms with van der Waals surface area (Å²) < 4.78 is 2.11. The SMILES string of the molecule is Cc1cn2c(CNC(C)C(=O)NCC(C)C)c(C)nc2s1. The topological polar surface area (TPSA) is 58.4 Å². The van der Waals surface area contributed by atoms with Gasteiger partial charge in [-0.2, -0.15) is 0 Å². The number of nitrogens with zero attached hydrogens (tertiary/aromatic N) is 2. The summed E-state index contributed by atoms with van der Waals surface area (Å²) >= 11 is 1.68. The van der Waals surface area contributed by atoms with E-state index in [4.69, 9.17) is 0 Å². The minimum Gasteiger partial charge on any atom is -0.354 e. The Kier molecular flexibility index (Phi) is 5.00. The molecule has 0 radical (unpaired) electrons. The lowest BCUT2D eigenvalue weighted by Gasteiger charge is -2.15. The quantitative estimate of drug-likeness (QED) is 0.860. The molecule has 2 aromatic rings. The number of hydrogen-bond acceptors (Lipinski definition) is 4. The molecule has 5 nitrogen and oxygen atoms in total. The van der Waals surface area contributed by atoms with Gasteiger partial charge in [0.05, 0.1) is 17.4 Å². The molecule has 2 aromatic heterocycles. The zero-order valence-electron chi connectivity index (χ0n) is 13.4. The first kappa shape index (κ1) is 16.0. The Bertz CT molecular complexity index is 629. The van der Waals surface area contributed by atoms with Crippen molar-refractivity contribution in [1.29, 1.82) is 0 Å². The summed E-state index contributed by atoms with van der Waals surface area (Å²) in [6.07, 6.45) is 2.10. The Morgan fingerprint density at radius 2 is 2.10 bits per heavy atom. The minimum atomic E-state index is -0.214. The maximum absolute atomic E-state index is 12.0. The van der Waals surface area contributed by atoms with Crippen molar-refractivity contribution in [3.63, 3.8) is 0 Å². The summed E-state index contributed by atoms with van der Waals surface area (Å²) in [6, 6.07) is -0.214. The number of imidazole rings is 1. The molecule has 0 bridgehead atoms. The van der Waals surface area contributed by atoms with Gasteiger partial charge in [0.15, 0.2) is 4.96 Å². The average molecular weight is 308 g/mol. The molecular weight excluding hydrogens is 284 g/mol. The highest BCUT2D eigenvalue weighted by molar-refractivity contribution is 7.17. The van der Waals surface area contributed by atoms with Gasteiger partial charge >= 0.3 is 0 Å². The normalized spacial score (nSPS) is 13.0. The lowest BCUT2D eigenvalue weighted by Crippen LogP contribution is -2.43. The Balaban J connectivity index is 1.97. The van der Waals surface area contributed by atoms with Crippen LogP contribution in [0.1, 0.15) is 37.0 Å². The van der Waals surface area contributed by atoms with Gasteiger partial charge in [0.25, 0.3) is 0 Å². The first-order valence-corrected chi connectivity index (χ1v) is 8.15. The summed E-state index contributed by atoms with van der Waals surface area (Å²) in [5, 5.41) is 6.23. The van der Waals surface area contributed by atoms with Gasteiger partial charge in [0.2, 0.25) is 5.91 Å². The van der Waals surface area contributed by atoms with Crippen molar-refractivity contribution in [1.82, 2.24) is 20.0 Å². The predicted molar refractivity (Wildman–Crippen MR) is 86.7 cm³/mol. The van der Waals surface area contributed by atoms with E-state index in [1.165, 1.54) is 4.88 Å². The fourth-order valence-electron chi connectivity index (χ4n) is 2.12. The second kappa shape index (κ2) is 6.58. The Hall–Kier alpha value is -1.40. The van der Waals surface area contributed by atoms with Gasteiger partial charge in [-0.15, -0.1) is 11.3 Å². The molecule has 6 heteroatoms. The number of amides is 1. The zero-order chi connectivity index (χ0) is 15.6. The van der Waals surface area contributed by atoms with E-state index in [1.807, 2.05) is 13.8 Å². The molecule has 0 saturated heterocycles. The Labute approximate surface area is 129 Å². The van der Waals surface area contributed by atoms with Gasteiger partial charge in [-0.3, -0.25) is 9.20 Å². The van der Waals surface area contributed by atoms with E-state index in [0.717, 1.165) is 16.3 Å². The van der Waals surface area contributed by atoms with Crippen LogP contribution in [-0.2, 0) is 11.3 Å². The number of rotatable bonds is 6. The fourth-order valence-corrected chi connectivity index (χ4v) is 3.01. The van der Waals surface area contributed by atoms with E-state index in [1.54, 1.807) is 11.3 Å². The molecular formula is C15H24N4OS. The number of hydrogen-bond donors (Lipinski definition) is 2. The molecule has 0 aliphatic heterocycles. The second-order valence-corrected chi connectivity index (χ2v) is 7.09. The molecule has 0 aliphatic rings. The molecule has 116 valence electrons. The lowest BCUT2D eigenvalue weighted by atomic mass is 10.2. The highest BCUT2D eigenvalue weighted by Crippen LogP contribution is 2.20. The van der Waals surface area contributed by atoms with E-state index in [2.05, 4.69) is 47.0 Å². The zero-order valence-corrected chi connectivity index (χ0v) is 14.2. The van der Waals surface area contributed by atoms with E-state index in [0.29, 0.717) is 19.0 Å². The highest BCUT2D eigenvalue weighted by Gasteiger charge is 2.15. The van der Waals surface area contributed by atoms with Crippen molar-refractivity contribution in [2.45, 2.75) is 47.2 Å². The van der Waals surface area contributed by atoms with E-state index >= 15 is 0 Å². The van der Waals surface area contributed by atoms with Crippen LogP contribution in [0, 0.1) is 19.8 Å². The molecule has 0 aliphatic carbocycles. The Morgan fingerprint density at radius 1 is 1.38 bits per heavy atom. The molecule has 0 aromatic carbocycles. The molecule has 2 heterocycles. The van der Waals surface area contributed by atoms with Crippen molar-refractivity contribution >= 4 is 22.2 Å². The van der Waals surface area contributed by atoms with Crippen molar-refractivity contribution in [3.8, 4) is 0 Å². The standard InChI is InChI=1S/C15H24N4OS/c1-9(2)6-17-14(20)12(5)16-7-13-11(4)18-15-19(13)8-10(3)21-15/h8-9,12,16H,6-7H2,1-5H3,(H,17,20). The number of fused-ring (bicyclic) bond motifs is 1. The van der Waals surface area contributed by atoms with Gasteiger partial charge in [0, 0.05) is 24.2 Å². The minimum absolute atomic E-state index is 0.0450. The molecule has 0 fully saturated rings. The van der Waals surface area contributed by atoms with Gasteiger partial charge in [-0.05, 0) is 26.7 Å². The maximum Gasteiger partial charge on any atom is 0.236 e. The molecule has 0 saturated carbocycles. The number of aromatic nitrogens is 2. The van der Waals surface area contributed by atoms with Crippen molar-refractivity contribution < 1.29 is 4.79 Å².